The molecular formula is C13H13F3N2O. The third-order valence-corrected chi connectivity index (χ3v) is 3.37. The van der Waals surface area contributed by atoms with E-state index in [9.17, 15) is 13.2 Å². The summed E-state index contributed by atoms with van der Waals surface area (Å²) in [6.45, 7) is 1.32. The van der Waals surface area contributed by atoms with E-state index in [2.05, 4.69) is 9.97 Å². The van der Waals surface area contributed by atoms with Crippen LogP contribution in [0.15, 0.2) is 18.2 Å². The number of ether oxygens (including phenoxy) is 1. The third-order valence-electron chi connectivity index (χ3n) is 3.37. The number of hydrogen-bond acceptors (Lipinski definition) is 2. The van der Waals surface area contributed by atoms with Gasteiger partial charge in [0.25, 0.3) is 0 Å². The fourth-order valence-corrected chi connectivity index (χ4v) is 2.36. The summed E-state index contributed by atoms with van der Waals surface area (Å²) in [6.07, 6.45) is -2.42. The van der Waals surface area contributed by atoms with Crippen LogP contribution in [0, 0.1) is 0 Å². The van der Waals surface area contributed by atoms with Gasteiger partial charge in [-0.15, -0.1) is 0 Å². The zero-order valence-corrected chi connectivity index (χ0v) is 10.1. The van der Waals surface area contributed by atoms with E-state index in [1.165, 1.54) is 6.07 Å². The second-order valence-electron chi connectivity index (χ2n) is 4.77. The molecule has 3 rings (SSSR count). The van der Waals surface area contributed by atoms with Crippen LogP contribution in [0.5, 0.6) is 0 Å². The van der Waals surface area contributed by atoms with Gasteiger partial charge in [0.05, 0.1) is 23.2 Å². The summed E-state index contributed by atoms with van der Waals surface area (Å²) >= 11 is 0. The van der Waals surface area contributed by atoms with Crippen molar-refractivity contribution in [3.05, 3.63) is 29.6 Å². The molecule has 0 amide bonds. The molecule has 0 aliphatic carbocycles. The fraction of sp³-hybridized carbons (Fsp3) is 0.462. The lowest BCUT2D eigenvalue weighted by atomic mass is 10.0. The summed E-state index contributed by atoms with van der Waals surface area (Å²) in [5, 5.41) is 0. The van der Waals surface area contributed by atoms with E-state index in [0.717, 1.165) is 31.6 Å². The molecule has 3 nitrogen and oxygen atoms in total. The van der Waals surface area contributed by atoms with Gasteiger partial charge < -0.3 is 9.72 Å². The van der Waals surface area contributed by atoms with Gasteiger partial charge in [0.2, 0.25) is 0 Å². The van der Waals surface area contributed by atoms with Crippen molar-refractivity contribution in [1.29, 1.82) is 0 Å². The standard InChI is InChI=1S/C13H13F3N2O/c14-13(15,16)9-3-4-10-11(6-9)18-12(17-10)8-2-1-5-19-7-8/h3-4,6,8H,1-2,5,7H2,(H,17,18). The molecule has 1 atom stereocenters. The van der Waals surface area contributed by atoms with Crippen molar-refractivity contribution in [1.82, 2.24) is 9.97 Å². The molecular weight excluding hydrogens is 257 g/mol. The number of halogens is 3. The Morgan fingerprint density at radius 1 is 1.32 bits per heavy atom. The van der Waals surface area contributed by atoms with E-state index in [0.29, 0.717) is 23.5 Å². The number of hydrogen-bond donors (Lipinski definition) is 1. The van der Waals surface area contributed by atoms with Crippen LogP contribution >= 0.6 is 0 Å². The molecule has 102 valence electrons. The molecule has 1 aromatic carbocycles. The highest BCUT2D eigenvalue weighted by molar-refractivity contribution is 5.76. The molecule has 1 aliphatic heterocycles. The Bertz CT molecular complexity index is 585. The summed E-state index contributed by atoms with van der Waals surface area (Å²) < 4.78 is 43.2. The molecule has 2 heterocycles. The predicted molar refractivity (Wildman–Crippen MR) is 63.9 cm³/mol. The molecule has 1 saturated heterocycles. The van der Waals surface area contributed by atoms with Crippen LogP contribution in [-0.2, 0) is 10.9 Å². The van der Waals surface area contributed by atoms with Gasteiger partial charge in [-0.3, -0.25) is 0 Å². The SMILES string of the molecule is FC(F)(F)c1ccc2nc(C3CCCOC3)[nH]c2c1. The monoisotopic (exact) mass is 270 g/mol. The van der Waals surface area contributed by atoms with Crippen LogP contribution < -0.4 is 0 Å². The second kappa shape index (κ2) is 4.52. The van der Waals surface area contributed by atoms with Crippen molar-refractivity contribution >= 4 is 11.0 Å². The highest BCUT2D eigenvalue weighted by Gasteiger charge is 2.31. The first-order chi connectivity index (χ1) is 9.04. The third kappa shape index (κ3) is 2.45. The lowest BCUT2D eigenvalue weighted by Gasteiger charge is -2.19. The average Bonchev–Trinajstić information content (AvgIpc) is 2.81. The quantitative estimate of drug-likeness (QED) is 0.861. The van der Waals surface area contributed by atoms with Gasteiger partial charge in [0.1, 0.15) is 5.82 Å². The van der Waals surface area contributed by atoms with Gasteiger partial charge in [-0.25, -0.2) is 4.98 Å². The minimum atomic E-state index is -4.33. The molecule has 19 heavy (non-hydrogen) atoms. The average molecular weight is 270 g/mol. The van der Waals surface area contributed by atoms with Crippen LogP contribution in [0.3, 0.4) is 0 Å². The normalized spacial score (nSPS) is 20.9. The summed E-state index contributed by atoms with van der Waals surface area (Å²) in [5.74, 6) is 0.865. The maximum Gasteiger partial charge on any atom is 0.416 e. The Labute approximate surface area is 107 Å². The highest BCUT2D eigenvalue weighted by Crippen LogP contribution is 2.32. The van der Waals surface area contributed by atoms with Gasteiger partial charge in [-0.05, 0) is 31.0 Å². The van der Waals surface area contributed by atoms with Crippen LogP contribution in [0.25, 0.3) is 11.0 Å². The molecule has 0 saturated carbocycles. The zero-order chi connectivity index (χ0) is 13.5. The van der Waals surface area contributed by atoms with Crippen molar-refractivity contribution < 1.29 is 17.9 Å². The van der Waals surface area contributed by atoms with E-state index in [1.54, 1.807) is 0 Å². The number of nitrogens with zero attached hydrogens (tertiary/aromatic N) is 1. The predicted octanol–water partition coefficient (Wildman–Crippen LogP) is 3.48. The van der Waals surface area contributed by atoms with E-state index in [4.69, 9.17) is 4.74 Å². The van der Waals surface area contributed by atoms with Crippen molar-refractivity contribution in [2.24, 2.45) is 0 Å². The maximum atomic E-state index is 12.6. The van der Waals surface area contributed by atoms with Crippen molar-refractivity contribution in [2.75, 3.05) is 13.2 Å². The van der Waals surface area contributed by atoms with Crippen molar-refractivity contribution in [3.8, 4) is 0 Å². The van der Waals surface area contributed by atoms with Gasteiger partial charge in [0.15, 0.2) is 0 Å². The number of fused-ring (bicyclic) bond motifs is 1. The number of imidazole rings is 1. The van der Waals surface area contributed by atoms with E-state index in [1.807, 2.05) is 0 Å². The lowest BCUT2D eigenvalue weighted by molar-refractivity contribution is -0.137. The molecule has 0 spiro atoms. The first-order valence-corrected chi connectivity index (χ1v) is 6.18. The molecule has 0 bridgehead atoms. The molecule has 1 aliphatic rings. The van der Waals surface area contributed by atoms with Crippen LogP contribution in [0.2, 0.25) is 0 Å². The molecule has 6 heteroatoms. The summed E-state index contributed by atoms with van der Waals surface area (Å²) in [5.41, 5.74) is 0.332. The van der Waals surface area contributed by atoms with Gasteiger partial charge in [-0.2, -0.15) is 13.2 Å². The van der Waals surface area contributed by atoms with Crippen molar-refractivity contribution in [2.45, 2.75) is 24.9 Å². The summed E-state index contributed by atoms with van der Waals surface area (Å²) in [7, 11) is 0. The van der Waals surface area contributed by atoms with E-state index >= 15 is 0 Å². The number of rotatable bonds is 1. The summed E-state index contributed by atoms with van der Waals surface area (Å²) in [6, 6.07) is 3.57. The minimum Gasteiger partial charge on any atom is -0.381 e. The number of aromatic amines is 1. The summed E-state index contributed by atoms with van der Waals surface area (Å²) in [4.78, 5) is 7.34. The maximum absolute atomic E-state index is 12.6. The Balaban J connectivity index is 1.96. The molecule has 1 N–H and O–H groups in total. The van der Waals surface area contributed by atoms with E-state index < -0.39 is 11.7 Å². The first kappa shape index (κ1) is 12.5. The van der Waals surface area contributed by atoms with Crippen molar-refractivity contribution in [3.63, 3.8) is 0 Å². The van der Waals surface area contributed by atoms with Crippen LogP contribution in [-0.4, -0.2) is 23.2 Å². The number of aromatic nitrogens is 2. The molecule has 2 aromatic rings. The number of alkyl halides is 3. The smallest absolute Gasteiger partial charge is 0.381 e. The Morgan fingerprint density at radius 3 is 2.84 bits per heavy atom. The fourth-order valence-electron chi connectivity index (χ4n) is 2.36. The largest absolute Gasteiger partial charge is 0.416 e. The van der Waals surface area contributed by atoms with Gasteiger partial charge >= 0.3 is 6.18 Å². The number of nitrogens with one attached hydrogen (secondary N) is 1. The van der Waals surface area contributed by atoms with Gasteiger partial charge in [0, 0.05) is 12.5 Å². The molecule has 1 unspecified atom stereocenters. The molecule has 1 fully saturated rings. The first-order valence-electron chi connectivity index (χ1n) is 6.18. The second-order valence-corrected chi connectivity index (χ2v) is 4.77. The van der Waals surface area contributed by atoms with E-state index in [-0.39, 0.29) is 5.92 Å². The molecule has 0 radical (unpaired) electrons. The zero-order valence-electron chi connectivity index (χ0n) is 10.1. The van der Waals surface area contributed by atoms with Crippen LogP contribution in [0.4, 0.5) is 13.2 Å². The Kier molecular flexibility index (Phi) is 2.97. The highest BCUT2D eigenvalue weighted by atomic mass is 19.4. The Morgan fingerprint density at radius 2 is 2.16 bits per heavy atom. The Hall–Kier alpha value is -1.56. The molecule has 1 aromatic heterocycles. The minimum absolute atomic E-state index is 0.149. The number of benzene rings is 1. The topological polar surface area (TPSA) is 37.9 Å². The lowest BCUT2D eigenvalue weighted by Crippen LogP contribution is -2.16. The van der Waals surface area contributed by atoms with Crippen LogP contribution in [0.1, 0.15) is 30.1 Å². The van der Waals surface area contributed by atoms with Gasteiger partial charge in [-0.1, -0.05) is 0 Å². The number of H-pyrrole nitrogens is 1.